The van der Waals surface area contributed by atoms with E-state index >= 15 is 0 Å². The van der Waals surface area contributed by atoms with E-state index < -0.39 is 19.7 Å². The van der Waals surface area contributed by atoms with Crippen LogP contribution in [0.5, 0.6) is 11.5 Å². The molecule has 0 amide bonds. The van der Waals surface area contributed by atoms with Gasteiger partial charge in [-0.25, -0.2) is 4.57 Å². The number of carbonyl (C=O) groups excluding carboxylic acids is 1. The fraction of sp³-hybridized carbons (Fsp3) is 0.278. The zero-order chi connectivity index (χ0) is 17.6. The largest absolute Gasteiger partial charge is 0.465 e. The number of aryl methyl sites for hydroxylation is 2. The lowest BCUT2D eigenvalue weighted by atomic mass is 10.2. The van der Waals surface area contributed by atoms with Crippen molar-refractivity contribution in [3.8, 4) is 11.5 Å². The SMILES string of the molecule is CCOC(=O)CP(=O)(Oc1ccc(C)cc1)Oc1ccc(C)cc1. The number of hydrogen-bond acceptors (Lipinski definition) is 5. The highest BCUT2D eigenvalue weighted by Crippen LogP contribution is 2.48. The van der Waals surface area contributed by atoms with Gasteiger partial charge in [0.2, 0.25) is 0 Å². The lowest BCUT2D eigenvalue weighted by Gasteiger charge is -2.19. The highest BCUT2D eigenvalue weighted by Gasteiger charge is 2.33. The molecule has 0 atom stereocenters. The Labute approximate surface area is 142 Å². The molecular weight excluding hydrogens is 327 g/mol. The van der Waals surface area contributed by atoms with Crippen molar-refractivity contribution >= 4 is 13.6 Å². The van der Waals surface area contributed by atoms with Crippen molar-refractivity contribution in [2.24, 2.45) is 0 Å². The fourth-order valence-electron chi connectivity index (χ4n) is 1.97. The van der Waals surface area contributed by atoms with Crippen LogP contribution in [0.1, 0.15) is 18.1 Å². The Morgan fingerprint density at radius 1 is 0.875 bits per heavy atom. The summed E-state index contributed by atoms with van der Waals surface area (Å²) >= 11 is 0. The summed E-state index contributed by atoms with van der Waals surface area (Å²) in [5.41, 5.74) is 2.09. The predicted octanol–water partition coefficient (Wildman–Crippen LogP) is 4.52. The molecular formula is C18H21O5P. The molecule has 5 nitrogen and oxygen atoms in total. The van der Waals surface area contributed by atoms with Crippen molar-refractivity contribution in [1.82, 2.24) is 0 Å². The molecule has 0 aliphatic heterocycles. The standard InChI is InChI=1S/C18H21O5P/c1-4-21-18(19)13-24(20,22-16-9-5-14(2)6-10-16)23-17-11-7-15(3)8-12-17/h5-12H,4,13H2,1-3H3. The van der Waals surface area contributed by atoms with E-state index in [2.05, 4.69) is 0 Å². The first-order valence-corrected chi connectivity index (χ1v) is 9.40. The van der Waals surface area contributed by atoms with Gasteiger partial charge < -0.3 is 13.8 Å². The highest BCUT2D eigenvalue weighted by atomic mass is 31.2. The van der Waals surface area contributed by atoms with Gasteiger partial charge in [-0.3, -0.25) is 4.79 Å². The molecule has 6 heteroatoms. The molecule has 0 aromatic heterocycles. The van der Waals surface area contributed by atoms with Crippen LogP contribution in [0.25, 0.3) is 0 Å². The normalized spacial score (nSPS) is 11.0. The maximum atomic E-state index is 13.1. The minimum absolute atomic E-state index is 0.202. The number of carbonyl (C=O) groups is 1. The summed E-state index contributed by atoms with van der Waals surface area (Å²) in [6.07, 6.45) is -0.456. The lowest BCUT2D eigenvalue weighted by molar-refractivity contribution is -0.140. The molecule has 128 valence electrons. The molecule has 0 fully saturated rings. The van der Waals surface area contributed by atoms with Gasteiger partial charge in [-0.2, -0.15) is 0 Å². The van der Waals surface area contributed by atoms with Crippen molar-refractivity contribution in [1.29, 1.82) is 0 Å². The van der Waals surface area contributed by atoms with Gasteiger partial charge in [0.25, 0.3) is 0 Å². The van der Waals surface area contributed by atoms with Crippen LogP contribution in [0.4, 0.5) is 0 Å². The van der Waals surface area contributed by atoms with E-state index in [0.717, 1.165) is 11.1 Å². The van der Waals surface area contributed by atoms with Crippen molar-refractivity contribution in [3.63, 3.8) is 0 Å². The number of esters is 1. The second kappa shape index (κ2) is 8.02. The molecule has 0 bridgehead atoms. The van der Waals surface area contributed by atoms with Crippen molar-refractivity contribution in [2.45, 2.75) is 20.8 Å². The van der Waals surface area contributed by atoms with E-state index in [-0.39, 0.29) is 6.61 Å². The first-order valence-electron chi connectivity index (χ1n) is 7.67. The quantitative estimate of drug-likeness (QED) is 0.544. The van der Waals surface area contributed by atoms with Crippen molar-refractivity contribution in [3.05, 3.63) is 59.7 Å². The van der Waals surface area contributed by atoms with Gasteiger partial charge in [-0.15, -0.1) is 0 Å². The Morgan fingerprint density at radius 2 is 1.29 bits per heavy atom. The molecule has 24 heavy (non-hydrogen) atoms. The number of hydrogen-bond donors (Lipinski definition) is 0. The van der Waals surface area contributed by atoms with Crippen molar-refractivity contribution < 1.29 is 23.1 Å². The minimum Gasteiger partial charge on any atom is -0.465 e. The molecule has 2 rings (SSSR count). The summed E-state index contributed by atoms with van der Waals surface area (Å²) in [5.74, 6) is 0.126. The maximum absolute atomic E-state index is 13.1. The molecule has 0 spiro atoms. The Morgan fingerprint density at radius 3 is 1.67 bits per heavy atom. The zero-order valence-corrected chi connectivity index (χ0v) is 14.9. The lowest BCUT2D eigenvalue weighted by Crippen LogP contribution is -2.15. The van der Waals surface area contributed by atoms with E-state index in [1.165, 1.54) is 0 Å². The molecule has 0 heterocycles. The molecule has 2 aromatic rings. The monoisotopic (exact) mass is 348 g/mol. The summed E-state index contributed by atoms with van der Waals surface area (Å²) in [7, 11) is -3.75. The number of rotatable bonds is 7. The Balaban J connectivity index is 2.22. The summed E-state index contributed by atoms with van der Waals surface area (Å²) in [5, 5.41) is 0. The molecule has 0 aliphatic rings. The van der Waals surface area contributed by atoms with E-state index in [4.69, 9.17) is 13.8 Å². The fourth-order valence-corrected chi connectivity index (χ4v) is 3.43. The van der Waals surface area contributed by atoms with Gasteiger partial charge >= 0.3 is 13.6 Å². The van der Waals surface area contributed by atoms with Crippen LogP contribution < -0.4 is 9.05 Å². The van der Waals surface area contributed by atoms with Crippen LogP contribution in [0, 0.1) is 13.8 Å². The van der Waals surface area contributed by atoms with E-state index in [9.17, 15) is 9.36 Å². The van der Waals surface area contributed by atoms with Gasteiger partial charge in [0.15, 0.2) is 6.16 Å². The van der Waals surface area contributed by atoms with Crippen LogP contribution in [0.15, 0.2) is 48.5 Å². The summed E-state index contributed by atoms with van der Waals surface area (Å²) < 4.78 is 29.0. The number of ether oxygens (including phenoxy) is 1. The van der Waals surface area contributed by atoms with E-state index in [0.29, 0.717) is 11.5 Å². The van der Waals surface area contributed by atoms with Crippen LogP contribution in [0.3, 0.4) is 0 Å². The maximum Gasteiger partial charge on any atom is 0.441 e. The Kier molecular flexibility index (Phi) is 6.04. The first-order chi connectivity index (χ1) is 11.4. The summed E-state index contributed by atoms with van der Waals surface area (Å²) in [6, 6.07) is 14.1. The smallest absolute Gasteiger partial charge is 0.441 e. The molecule has 0 saturated heterocycles. The molecule has 0 radical (unpaired) electrons. The van der Waals surface area contributed by atoms with Gasteiger partial charge in [-0.1, -0.05) is 35.4 Å². The third-order valence-corrected chi connectivity index (χ3v) is 4.78. The zero-order valence-electron chi connectivity index (χ0n) is 14.0. The van der Waals surface area contributed by atoms with Crippen molar-refractivity contribution in [2.75, 3.05) is 12.8 Å². The third kappa shape index (κ3) is 5.43. The Hall–Kier alpha value is -2.26. The minimum atomic E-state index is -3.75. The second-order valence-electron chi connectivity index (χ2n) is 5.38. The molecule has 0 N–H and O–H groups in total. The third-order valence-electron chi connectivity index (χ3n) is 3.16. The van der Waals surface area contributed by atoms with Crippen LogP contribution in [-0.2, 0) is 14.1 Å². The highest BCUT2D eigenvalue weighted by molar-refractivity contribution is 7.55. The van der Waals surface area contributed by atoms with Gasteiger partial charge in [-0.05, 0) is 45.0 Å². The molecule has 0 unspecified atom stereocenters. The second-order valence-corrected chi connectivity index (χ2v) is 7.29. The van der Waals surface area contributed by atoms with E-state index in [1.54, 1.807) is 31.2 Å². The molecule has 0 aliphatic carbocycles. The van der Waals surface area contributed by atoms with Crippen LogP contribution in [-0.4, -0.2) is 18.7 Å². The van der Waals surface area contributed by atoms with Gasteiger partial charge in [0, 0.05) is 0 Å². The Bertz CT molecular complexity index is 671. The topological polar surface area (TPSA) is 61.8 Å². The average molecular weight is 348 g/mol. The summed E-state index contributed by atoms with van der Waals surface area (Å²) in [4.78, 5) is 11.8. The average Bonchev–Trinajstić information content (AvgIpc) is 2.52. The molecule has 2 aromatic carbocycles. The van der Waals surface area contributed by atoms with Crippen LogP contribution in [0.2, 0.25) is 0 Å². The number of benzene rings is 2. The van der Waals surface area contributed by atoms with Gasteiger partial charge in [0.1, 0.15) is 11.5 Å². The van der Waals surface area contributed by atoms with Crippen LogP contribution >= 0.6 is 7.60 Å². The van der Waals surface area contributed by atoms with E-state index in [1.807, 2.05) is 38.1 Å². The summed E-state index contributed by atoms with van der Waals surface area (Å²) in [6.45, 7) is 5.76. The van der Waals surface area contributed by atoms with Gasteiger partial charge in [0.05, 0.1) is 6.61 Å². The predicted molar refractivity (Wildman–Crippen MR) is 92.7 cm³/mol. The first kappa shape index (κ1) is 18.1. The molecule has 0 saturated carbocycles.